The van der Waals surface area contributed by atoms with Gasteiger partial charge in [0.05, 0.1) is 17.6 Å². The highest BCUT2D eigenvalue weighted by atomic mass is 19.1. The standard InChI is InChI=1S/C13H16FN3O4/c14-9-2-1-3-11(17(19)20)12(9)21-7-6-10(13(15)18)16-8-4-5-8/h1-3,8,10,16H,4-7H2,(H2,15,18). The van der Waals surface area contributed by atoms with Crippen molar-refractivity contribution in [2.24, 2.45) is 5.73 Å². The van der Waals surface area contributed by atoms with Gasteiger partial charge in [-0.2, -0.15) is 0 Å². The minimum atomic E-state index is -0.810. The first kappa shape index (κ1) is 15.2. The largest absolute Gasteiger partial charge is 0.485 e. The number of benzene rings is 1. The number of para-hydroxylation sites is 1. The van der Waals surface area contributed by atoms with Crippen LogP contribution in [0.2, 0.25) is 0 Å². The molecule has 1 aliphatic rings. The van der Waals surface area contributed by atoms with Gasteiger partial charge in [-0.1, -0.05) is 6.07 Å². The molecule has 0 aromatic heterocycles. The highest BCUT2D eigenvalue weighted by Crippen LogP contribution is 2.29. The van der Waals surface area contributed by atoms with E-state index in [9.17, 15) is 19.3 Å². The maximum atomic E-state index is 13.6. The van der Waals surface area contributed by atoms with Crippen LogP contribution in [0.3, 0.4) is 0 Å². The number of nitrogens with zero attached hydrogens (tertiary/aromatic N) is 1. The summed E-state index contributed by atoms with van der Waals surface area (Å²) in [5.74, 6) is -1.75. The number of halogens is 1. The Morgan fingerprint density at radius 3 is 2.86 bits per heavy atom. The zero-order chi connectivity index (χ0) is 15.4. The van der Waals surface area contributed by atoms with Crippen molar-refractivity contribution in [3.63, 3.8) is 0 Å². The van der Waals surface area contributed by atoms with Gasteiger partial charge in [-0.3, -0.25) is 14.9 Å². The van der Waals surface area contributed by atoms with E-state index < -0.39 is 34.1 Å². The van der Waals surface area contributed by atoms with Crippen molar-refractivity contribution < 1.29 is 18.8 Å². The summed E-state index contributed by atoms with van der Waals surface area (Å²) < 4.78 is 18.7. The zero-order valence-corrected chi connectivity index (χ0v) is 11.3. The van der Waals surface area contributed by atoms with Crippen molar-refractivity contribution in [3.05, 3.63) is 34.1 Å². The molecule has 0 radical (unpaired) electrons. The maximum absolute atomic E-state index is 13.6. The molecule has 114 valence electrons. The molecule has 1 saturated carbocycles. The summed E-state index contributed by atoms with van der Waals surface area (Å²) >= 11 is 0. The van der Waals surface area contributed by atoms with Crippen LogP contribution in [0, 0.1) is 15.9 Å². The second-order valence-electron chi connectivity index (χ2n) is 4.88. The van der Waals surface area contributed by atoms with Gasteiger partial charge in [0.25, 0.3) is 0 Å². The molecule has 0 bridgehead atoms. The molecule has 1 aromatic carbocycles. The predicted molar refractivity (Wildman–Crippen MR) is 72.3 cm³/mol. The smallest absolute Gasteiger partial charge is 0.314 e. The number of carbonyl (C=O) groups is 1. The quantitative estimate of drug-likeness (QED) is 0.552. The molecule has 21 heavy (non-hydrogen) atoms. The molecule has 3 N–H and O–H groups in total. The van der Waals surface area contributed by atoms with Crippen molar-refractivity contribution in [2.75, 3.05) is 6.61 Å². The van der Waals surface area contributed by atoms with Gasteiger partial charge in [-0.25, -0.2) is 4.39 Å². The van der Waals surface area contributed by atoms with Crippen LogP contribution in [0.1, 0.15) is 19.3 Å². The van der Waals surface area contributed by atoms with Crippen LogP contribution in [0.15, 0.2) is 18.2 Å². The average Bonchev–Trinajstić information content (AvgIpc) is 3.22. The van der Waals surface area contributed by atoms with E-state index in [1.807, 2.05) is 0 Å². The molecular weight excluding hydrogens is 281 g/mol. The van der Waals surface area contributed by atoms with Gasteiger partial charge in [0.2, 0.25) is 11.7 Å². The lowest BCUT2D eigenvalue weighted by molar-refractivity contribution is -0.386. The third-order valence-electron chi connectivity index (χ3n) is 3.15. The van der Waals surface area contributed by atoms with Crippen LogP contribution < -0.4 is 15.8 Å². The number of rotatable bonds is 8. The molecule has 0 saturated heterocycles. The lowest BCUT2D eigenvalue weighted by Gasteiger charge is -2.15. The number of nitro benzene ring substituents is 1. The maximum Gasteiger partial charge on any atom is 0.314 e. The van der Waals surface area contributed by atoms with Crippen LogP contribution in [-0.2, 0) is 4.79 Å². The highest BCUT2D eigenvalue weighted by Gasteiger charge is 2.27. The fourth-order valence-electron chi connectivity index (χ4n) is 1.91. The Morgan fingerprint density at radius 1 is 1.57 bits per heavy atom. The molecule has 1 aliphatic carbocycles. The highest BCUT2D eigenvalue weighted by molar-refractivity contribution is 5.79. The fraction of sp³-hybridized carbons (Fsp3) is 0.462. The minimum Gasteiger partial charge on any atom is -0.485 e. The number of nitro groups is 1. The molecular formula is C13H16FN3O4. The van der Waals surface area contributed by atoms with E-state index in [2.05, 4.69) is 5.32 Å². The molecule has 1 atom stereocenters. The van der Waals surface area contributed by atoms with E-state index in [1.54, 1.807) is 0 Å². The van der Waals surface area contributed by atoms with Gasteiger partial charge in [-0.05, 0) is 18.9 Å². The molecule has 1 aromatic rings. The van der Waals surface area contributed by atoms with Gasteiger partial charge in [0, 0.05) is 18.5 Å². The lowest BCUT2D eigenvalue weighted by atomic mass is 10.2. The van der Waals surface area contributed by atoms with Crippen LogP contribution >= 0.6 is 0 Å². The summed E-state index contributed by atoms with van der Waals surface area (Å²) in [5, 5.41) is 13.9. The Morgan fingerprint density at radius 2 is 2.29 bits per heavy atom. The van der Waals surface area contributed by atoms with E-state index in [0.717, 1.165) is 25.0 Å². The second-order valence-corrected chi connectivity index (χ2v) is 4.88. The fourth-order valence-corrected chi connectivity index (χ4v) is 1.91. The summed E-state index contributed by atoms with van der Waals surface area (Å²) in [4.78, 5) is 21.4. The van der Waals surface area contributed by atoms with Gasteiger partial charge in [-0.15, -0.1) is 0 Å². The normalized spacial score (nSPS) is 15.5. The number of amides is 1. The third kappa shape index (κ3) is 4.12. The van der Waals surface area contributed by atoms with Crippen LogP contribution in [0.25, 0.3) is 0 Å². The molecule has 2 rings (SSSR count). The van der Waals surface area contributed by atoms with E-state index in [4.69, 9.17) is 10.5 Å². The summed E-state index contributed by atoms with van der Waals surface area (Å²) in [5.41, 5.74) is 4.82. The average molecular weight is 297 g/mol. The van der Waals surface area contributed by atoms with E-state index >= 15 is 0 Å². The summed E-state index contributed by atoms with van der Waals surface area (Å²) in [6, 6.07) is 3.18. The van der Waals surface area contributed by atoms with Gasteiger partial charge >= 0.3 is 5.69 Å². The number of carbonyl (C=O) groups excluding carboxylic acids is 1. The van der Waals surface area contributed by atoms with E-state index in [1.165, 1.54) is 6.07 Å². The summed E-state index contributed by atoms with van der Waals surface area (Å²) in [6.45, 7) is -0.0465. The molecule has 1 amide bonds. The molecule has 0 aliphatic heterocycles. The molecule has 8 heteroatoms. The van der Waals surface area contributed by atoms with Crippen molar-refractivity contribution >= 4 is 11.6 Å². The Hall–Kier alpha value is -2.22. The minimum absolute atomic E-state index is 0.0465. The number of nitrogens with two attached hydrogens (primary N) is 1. The Labute approximate surface area is 120 Å². The first-order valence-electron chi connectivity index (χ1n) is 6.60. The van der Waals surface area contributed by atoms with Crippen LogP contribution in [0.5, 0.6) is 5.75 Å². The number of ether oxygens (including phenoxy) is 1. The monoisotopic (exact) mass is 297 g/mol. The third-order valence-corrected chi connectivity index (χ3v) is 3.15. The van der Waals surface area contributed by atoms with Crippen molar-refractivity contribution in [3.8, 4) is 5.75 Å². The van der Waals surface area contributed by atoms with E-state index in [0.29, 0.717) is 0 Å². The Balaban J connectivity index is 1.95. The molecule has 1 fully saturated rings. The summed E-state index contributed by atoms with van der Waals surface area (Å²) in [7, 11) is 0. The molecule has 0 heterocycles. The van der Waals surface area contributed by atoms with Crippen molar-refractivity contribution in [1.82, 2.24) is 5.32 Å². The van der Waals surface area contributed by atoms with Gasteiger partial charge in [0.15, 0.2) is 5.82 Å². The van der Waals surface area contributed by atoms with Crippen LogP contribution in [0.4, 0.5) is 10.1 Å². The Bertz CT molecular complexity index is 548. The predicted octanol–water partition coefficient (Wildman–Crippen LogP) is 1.11. The SMILES string of the molecule is NC(=O)C(CCOc1c(F)cccc1[N+](=O)[O-])NC1CC1. The molecule has 0 spiro atoms. The van der Waals surface area contributed by atoms with E-state index in [-0.39, 0.29) is 19.1 Å². The summed E-state index contributed by atoms with van der Waals surface area (Å²) in [6.07, 6.45) is 2.20. The number of hydrogen-bond acceptors (Lipinski definition) is 5. The van der Waals surface area contributed by atoms with Gasteiger partial charge < -0.3 is 15.8 Å². The van der Waals surface area contributed by atoms with Crippen molar-refractivity contribution in [1.29, 1.82) is 0 Å². The van der Waals surface area contributed by atoms with Crippen LogP contribution in [-0.4, -0.2) is 29.5 Å². The zero-order valence-electron chi connectivity index (χ0n) is 11.3. The van der Waals surface area contributed by atoms with Gasteiger partial charge in [0.1, 0.15) is 0 Å². The Kier molecular flexibility index (Phi) is 4.69. The first-order valence-corrected chi connectivity index (χ1v) is 6.60. The lowest BCUT2D eigenvalue weighted by Crippen LogP contribution is -2.43. The molecule has 7 nitrogen and oxygen atoms in total. The van der Waals surface area contributed by atoms with Crippen molar-refractivity contribution in [2.45, 2.75) is 31.3 Å². The number of hydrogen-bond donors (Lipinski definition) is 2. The molecule has 1 unspecified atom stereocenters. The topological polar surface area (TPSA) is 107 Å². The second kappa shape index (κ2) is 6.49. The first-order chi connectivity index (χ1) is 9.99. The number of nitrogens with one attached hydrogen (secondary N) is 1. The number of primary amides is 1.